The molecule has 0 aliphatic rings. The van der Waals surface area contributed by atoms with Crippen LogP contribution in [0.4, 0.5) is 0 Å². The quantitative estimate of drug-likeness (QED) is 0.178. The molecule has 0 heterocycles. The molecule has 0 spiro atoms. The Morgan fingerprint density at radius 2 is 1.38 bits per heavy atom. The van der Waals surface area contributed by atoms with Crippen LogP contribution in [0.1, 0.15) is 12.8 Å². The molecule has 0 fully saturated rings. The molecule has 0 aromatic heterocycles. The molecule has 0 saturated heterocycles. The number of hydrogen-bond acceptors (Lipinski definition) is 6. The molecule has 122 valence electrons. The van der Waals surface area contributed by atoms with Crippen molar-refractivity contribution in [3.05, 3.63) is 0 Å². The maximum absolute atomic E-state index is 11.4. The highest BCUT2D eigenvalue weighted by atomic mass is 31.2. The highest BCUT2D eigenvalue weighted by Gasteiger charge is 2.65. The average molecular weight is 328 g/mol. The van der Waals surface area contributed by atoms with Crippen LogP contribution in [-0.4, -0.2) is 61.3 Å². The third-order valence-electron chi connectivity index (χ3n) is 3.03. The number of rotatable bonds is 9. The van der Waals surface area contributed by atoms with E-state index in [0.29, 0.717) is 0 Å². The fourth-order valence-corrected chi connectivity index (χ4v) is 3.15. The Labute approximate surface area is 118 Å². The predicted octanol–water partition coefficient (Wildman–Crippen LogP) is -2.16. The number of carboxylic acids is 3. The molecular formula is C9H17N2O9P. The number of nitrogens with two attached hydrogens (primary N) is 2. The monoisotopic (exact) mass is 328 g/mol. The van der Waals surface area contributed by atoms with Crippen molar-refractivity contribution in [2.24, 2.45) is 16.9 Å². The van der Waals surface area contributed by atoms with Crippen molar-refractivity contribution >= 4 is 25.5 Å². The molecule has 0 bridgehead atoms. The second kappa shape index (κ2) is 6.96. The summed E-state index contributed by atoms with van der Waals surface area (Å²) in [6.07, 6.45) is -0.977. The lowest BCUT2D eigenvalue weighted by Crippen LogP contribution is -2.55. The molecule has 0 amide bonds. The van der Waals surface area contributed by atoms with E-state index in [1.807, 2.05) is 0 Å². The van der Waals surface area contributed by atoms with E-state index in [1.54, 1.807) is 0 Å². The van der Waals surface area contributed by atoms with Crippen LogP contribution in [-0.2, 0) is 18.9 Å². The third-order valence-corrected chi connectivity index (χ3v) is 4.49. The molecule has 9 N–H and O–H groups in total. The first-order chi connectivity index (χ1) is 9.42. The van der Waals surface area contributed by atoms with Gasteiger partial charge in [-0.25, -0.2) is 0 Å². The fraction of sp³-hybridized carbons (Fsp3) is 0.667. The third kappa shape index (κ3) is 3.99. The van der Waals surface area contributed by atoms with Crippen LogP contribution in [0, 0.1) is 5.41 Å². The summed E-state index contributed by atoms with van der Waals surface area (Å²) in [6, 6.07) is -0.784. The minimum atomic E-state index is -5.36. The van der Waals surface area contributed by atoms with Crippen molar-refractivity contribution in [3.63, 3.8) is 0 Å². The molecule has 21 heavy (non-hydrogen) atoms. The summed E-state index contributed by atoms with van der Waals surface area (Å²) < 4.78 is 11.4. The Balaban J connectivity index is 5.94. The Hall–Kier alpha value is -1.52. The van der Waals surface area contributed by atoms with Crippen LogP contribution in [0.5, 0.6) is 0 Å². The van der Waals surface area contributed by atoms with Crippen molar-refractivity contribution in [1.82, 2.24) is 0 Å². The van der Waals surface area contributed by atoms with Crippen LogP contribution in [0.25, 0.3) is 0 Å². The van der Waals surface area contributed by atoms with Gasteiger partial charge in [-0.3, -0.25) is 18.9 Å². The van der Waals surface area contributed by atoms with Gasteiger partial charge in [0.1, 0.15) is 0 Å². The normalized spacial score (nSPS) is 15.2. The second-order valence-electron chi connectivity index (χ2n) is 4.40. The zero-order valence-electron chi connectivity index (χ0n) is 10.7. The standard InChI is InChI=1S/C9H17N2O9P/c10-3-4(11)1-2-5(21(18,19)20)9(6(12)13,7(14)15)8(16)17/h4-5H,1-3,10-11H2,(H,12,13)(H,14,15)(H,16,17)(H2,18,19,20). The van der Waals surface area contributed by atoms with E-state index in [2.05, 4.69) is 0 Å². The lowest BCUT2D eigenvalue weighted by Gasteiger charge is -2.30. The summed E-state index contributed by atoms with van der Waals surface area (Å²) in [6.45, 7) is -0.103. The minimum absolute atomic E-state index is 0.103. The molecule has 11 nitrogen and oxygen atoms in total. The second-order valence-corrected chi connectivity index (χ2v) is 6.20. The molecule has 0 aliphatic heterocycles. The summed E-state index contributed by atoms with van der Waals surface area (Å²) in [5.74, 6) is -7.13. The molecule has 2 atom stereocenters. The Kier molecular flexibility index (Phi) is 6.46. The first-order valence-corrected chi connectivity index (χ1v) is 7.31. The number of carbonyl (C=O) groups is 3. The molecule has 2 unspecified atom stereocenters. The molecule has 0 aromatic carbocycles. The van der Waals surface area contributed by atoms with Crippen molar-refractivity contribution in [3.8, 4) is 0 Å². The van der Waals surface area contributed by atoms with Gasteiger partial charge in [0.25, 0.3) is 5.41 Å². The van der Waals surface area contributed by atoms with Gasteiger partial charge in [-0.2, -0.15) is 0 Å². The van der Waals surface area contributed by atoms with Crippen molar-refractivity contribution in [2.75, 3.05) is 6.54 Å². The van der Waals surface area contributed by atoms with Gasteiger partial charge in [0.2, 0.25) is 0 Å². The van der Waals surface area contributed by atoms with E-state index < -0.39 is 49.0 Å². The van der Waals surface area contributed by atoms with E-state index in [9.17, 15) is 28.7 Å². The Morgan fingerprint density at radius 1 is 1.00 bits per heavy atom. The molecule has 0 saturated carbocycles. The average Bonchev–Trinajstić information content (AvgIpc) is 2.30. The lowest BCUT2D eigenvalue weighted by molar-refractivity contribution is -0.176. The number of aliphatic carboxylic acids is 3. The van der Waals surface area contributed by atoms with Crippen LogP contribution in [0.15, 0.2) is 0 Å². The molecule has 12 heteroatoms. The van der Waals surface area contributed by atoms with Gasteiger partial charge < -0.3 is 36.6 Å². The number of carboxylic acid groups (broad SMARTS) is 3. The highest BCUT2D eigenvalue weighted by molar-refractivity contribution is 7.52. The van der Waals surface area contributed by atoms with Gasteiger partial charge in [-0.05, 0) is 12.8 Å². The molecule has 0 rings (SSSR count). The minimum Gasteiger partial charge on any atom is -0.480 e. The van der Waals surface area contributed by atoms with E-state index in [-0.39, 0.29) is 13.0 Å². The lowest BCUT2D eigenvalue weighted by atomic mass is 9.81. The highest BCUT2D eigenvalue weighted by Crippen LogP contribution is 2.52. The first kappa shape index (κ1) is 19.5. The van der Waals surface area contributed by atoms with Crippen molar-refractivity contribution in [2.45, 2.75) is 24.5 Å². The van der Waals surface area contributed by atoms with Crippen LogP contribution < -0.4 is 11.5 Å². The topological polar surface area (TPSA) is 221 Å². The van der Waals surface area contributed by atoms with E-state index in [1.165, 1.54) is 0 Å². The van der Waals surface area contributed by atoms with E-state index >= 15 is 0 Å². The largest absolute Gasteiger partial charge is 0.480 e. The van der Waals surface area contributed by atoms with Crippen LogP contribution in [0.2, 0.25) is 0 Å². The zero-order valence-corrected chi connectivity index (χ0v) is 11.6. The summed E-state index contributed by atoms with van der Waals surface area (Å²) in [5, 5.41) is 26.9. The maximum atomic E-state index is 11.4. The zero-order chi connectivity index (χ0) is 17.0. The first-order valence-electron chi connectivity index (χ1n) is 5.63. The van der Waals surface area contributed by atoms with Gasteiger partial charge in [0, 0.05) is 12.6 Å². The fourth-order valence-electron chi connectivity index (χ4n) is 1.83. The molecular weight excluding hydrogens is 311 g/mol. The SMILES string of the molecule is NCC(N)CCC(C(C(=O)O)(C(=O)O)C(=O)O)P(=O)(O)O. The van der Waals surface area contributed by atoms with Crippen LogP contribution >= 0.6 is 7.60 Å². The maximum Gasteiger partial charge on any atom is 0.333 e. The van der Waals surface area contributed by atoms with E-state index in [0.717, 1.165) is 0 Å². The van der Waals surface area contributed by atoms with Gasteiger partial charge >= 0.3 is 25.5 Å². The molecule has 0 aliphatic carbocycles. The van der Waals surface area contributed by atoms with Crippen LogP contribution in [0.3, 0.4) is 0 Å². The smallest absolute Gasteiger partial charge is 0.333 e. The Bertz CT molecular complexity index is 438. The van der Waals surface area contributed by atoms with Gasteiger partial charge in [0.05, 0.1) is 5.66 Å². The predicted molar refractivity (Wildman–Crippen MR) is 67.4 cm³/mol. The summed E-state index contributed by atoms with van der Waals surface area (Å²) in [7, 11) is -5.36. The summed E-state index contributed by atoms with van der Waals surface area (Å²) in [4.78, 5) is 51.8. The Morgan fingerprint density at radius 3 is 1.62 bits per heavy atom. The number of hydrogen-bond donors (Lipinski definition) is 7. The summed E-state index contributed by atoms with van der Waals surface area (Å²) in [5.41, 5.74) is 4.45. The van der Waals surface area contributed by atoms with E-state index in [4.69, 9.17) is 26.8 Å². The molecule has 0 aromatic rings. The van der Waals surface area contributed by atoms with Crippen molar-refractivity contribution in [1.29, 1.82) is 0 Å². The molecule has 0 radical (unpaired) electrons. The summed E-state index contributed by atoms with van der Waals surface area (Å²) >= 11 is 0. The van der Waals surface area contributed by atoms with Gasteiger partial charge in [0.15, 0.2) is 0 Å². The van der Waals surface area contributed by atoms with Crippen molar-refractivity contribution < 1.29 is 44.1 Å². The van der Waals surface area contributed by atoms with Gasteiger partial charge in [-0.15, -0.1) is 0 Å². The van der Waals surface area contributed by atoms with Gasteiger partial charge in [-0.1, -0.05) is 0 Å².